The molecule has 0 atom stereocenters. The molecule has 0 aliphatic heterocycles. The summed E-state index contributed by atoms with van der Waals surface area (Å²) in [5.41, 5.74) is -0.402. The van der Waals surface area contributed by atoms with Gasteiger partial charge in [0, 0.05) is 0 Å². The number of aromatic nitrogens is 5. The van der Waals surface area contributed by atoms with Crippen LogP contribution in [0.5, 0.6) is 0 Å². The number of ether oxygens (including phenoxy) is 1. The quantitative estimate of drug-likeness (QED) is 0.754. The minimum Gasteiger partial charge on any atom is -0.290 e. The van der Waals surface area contributed by atoms with Gasteiger partial charge in [0.2, 0.25) is 0 Å². The van der Waals surface area contributed by atoms with Gasteiger partial charge in [0.25, 0.3) is 0 Å². The predicted molar refractivity (Wildman–Crippen MR) is 47.0 cm³/mol. The van der Waals surface area contributed by atoms with Gasteiger partial charge < -0.3 is 0 Å². The zero-order chi connectivity index (χ0) is 12.5. The van der Waals surface area contributed by atoms with Gasteiger partial charge in [-0.3, -0.25) is 4.74 Å². The fourth-order valence-corrected chi connectivity index (χ4v) is 1.16. The molecular weight excluding hydrogens is 243 g/mol. The van der Waals surface area contributed by atoms with Gasteiger partial charge in [0.15, 0.2) is 5.65 Å². The standard InChI is InChI=1S/C7H6F3N5O2/c8-7(9,10)17-2-1-15-6(16)14-4-11-3-5(14)12-13-15/h3-4H,1-2H2. The maximum atomic E-state index is 11.7. The van der Waals surface area contributed by atoms with Crippen molar-refractivity contribution in [1.29, 1.82) is 0 Å². The zero-order valence-corrected chi connectivity index (χ0v) is 8.26. The van der Waals surface area contributed by atoms with E-state index in [4.69, 9.17) is 0 Å². The van der Waals surface area contributed by atoms with Gasteiger partial charge in [-0.25, -0.2) is 14.2 Å². The molecule has 0 amide bonds. The number of hydrogen-bond acceptors (Lipinski definition) is 5. The van der Waals surface area contributed by atoms with E-state index in [1.54, 1.807) is 0 Å². The highest BCUT2D eigenvalue weighted by Gasteiger charge is 2.28. The number of nitrogens with zero attached hydrogens (tertiary/aromatic N) is 5. The molecule has 0 fully saturated rings. The molecule has 92 valence electrons. The summed E-state index contributed by atoms with van der Waals surface area (Å²) in [6, 6.07) is 0. The van der Waals surface area contributed by atoms with Crippen LogP contribution in [0.15, 0.2) is 17.3 Å². The highest BCUT2D eigenvalue weighted by atomic mass is 19.4. The molecular formula is C7H6F3N5O2. The Hall–Kier alpha value is -1.97. The Kier molecular flexibility index (Phi) is 2.79. The van der Waals surface area contributed by atoms with E-state index in [1.165, 1.54) is 12.5 Å². The number of rotatable bonds is 3. The second-order valence-electron chi connectivity index (χ2n) is 3.01. The number of imidazole rings is 1. The van der Waals surface area contributed by atoms with Crippen LogP contribution in [-0.4, -0.2) is 37.3 Å². The summed E-state index contributed by atoms with van der Waals surface area (Å²) in [7, 11) is 0. The molecule has 0 N–H and O–H groups in total. The lowest BCUT2D eigenvalue weighted by molar-refractivity contribution is -0.325. The van der Waals surface area contributed by atoms with Crippen molar-refractivity contribution < 1.29 is 17.9 Å². The third-order valence-electron chi connectivity index (χ3n) is 1.87. The van der Waals surface area contributed by atoms with E-state index in [-0.39, 0.29) is 12.2 Å². The topological polar surface area (TPSA) is 74.3 Å². The van der Waals surface area contributed by atoms with Crippen molar-refractivity contribution in [2.75, 3.05) is 6.61 Å². The van der Waals surface area contributed by atoms with Gasteiger partial charge in [-0.2, -0.15) is 4.68 Å². The second kappa shape index (κ2) is 4.13. The van der Waals surface area contributed by atoms with Crippen LogP contribution in [0.2, 0.25) is 0 Å². The van der Waals surface area contributed by atoms with Gasteiger partial charge in [-0.05, 0) is 0 Å². The van der Waals surface area contributed by atoms with Crippen molar-refractivity contribution in [2.24, 2.45) is 0 Å². The molecule has 0 radical (unpaired) electrons. The Labute approximate surface area is 91.4 Å². The molecule has 2 rings (SSSR count). The maximum Gasteiger partial charge on any atom is 0.522 e. The molecule has 0 aliphatic carbocycles. The third kappa shape index (κ3) is 2.58. The SMILES string of the molecule is O=c1n(CCOC(F)(F)F)nnc2cncn12. The first-order valence-corrected chi connectivity index (χ1v) is 4.44. The van der Waals surface area contributed by atoms with Crippen LogP contribution in [0.1, 0.15) is 0 Å². The van der Waals surface area contributed by atoms with Crippen molar-refractivity contribution >= 4 is 5.65 Å². The van der Waals surface area contributed by atoms with Gasteiger partial charge in [0.1, 0.15) is 6.33 Å². The summed E-state index contributed by atoms with van der Waals surface area (Å²) in [5.74, 6) is 0. The summed E-state index contributed by atoms with van der Waals surface area (Å²) in [5, 5.41) is 7.04. The minimum absolute atomic E-state index is 0.225. The van der Waals surface area contributed by atoms with Crippen LogP contribution in [0.4, 0.5) is 13.2 Å². The van der Waals surface area contributed by atoms with Crippen LogP contribution < -0.4 is 5.69 Å². The maximum absolute atomic E-state index is 11.7. The number of fused-ring (bicyclic) bond motifs is 1. The van der Waals surface area contributed by atoms with E-state index < -0.39 is 18.7 Å². The molecule has 0 spiro atoms. The predicted octanol–water partition coefficient (Wildman–Crippen LogP) is -0.178. The Morgan fingerprint density at radius 2 is 2.18 bits per heavy atom. The molecule has 0 aliphatic rings. The Balaban J connectivity index is 2.14. The molecule has 0 saturated carbocycles. The third-order valence-corrected chi connectivity index (χ3v) is 1.87. The Bertz CT molecular complexity index is 575. The van der Waals surface area contributed by atoms with E-state index in [0.717, 1.165) is 9.08 Å². The van der Waals surface area contributed by atoms with Crippen molar-refractivity contribution in [3.05, 3.63) is 23.0 Å². The van der Waals surface area contributed by atoms with E-state index in [9.17, 15) is 18.0 Å². The summed E-state index contributed by atoms with van der Waals surface area (Å²) in [4.78, 5) is 15.3. The zero-order valence-electron chi connectivity index (χ0n) is 8.26. The van der Waals surface area contributed by atoms with Crippen LogP contribution in [0.3, 0.4) is 0 Å². The summed E-state index contributed by atoms with van der Waals surface area (Å²) >= 11 is 0. The van der Waals surface area contributed by atoms with Gasteiger partial charge >= 0.3 is 12.1 Å². The lowest BCUT2D eigenvalue weighted by atomic mass is 10.7. The fourth-order valence-electron chi connectivity index (χ4n) is 1.16. The lowest BCUT2D eigenvalue weighted by Gasteiger charge is -2.07. The largest absolute Gasteiger partial charge is 0.522 e. The van der Waals surface area contributed by atoms with E-state index in [0.29, 0.717) is 0 Å². The first-order valence-electron chi connectivity index (χ1n) is 4.44. The van der Waals surface area contributed by atoms with Crippen molar-refractivity contribution in [1.82, 2.24) is 24.4 Å². The minimum atomic E-state index is -4.73. The monoisotopic (exact) mass is 249 g/mol. The Morgan fingerprint density at radius 1 is 1.41 bits per heavy atom. The van der Waals surface area contributed by atoms with E-state index >= 15 is 0 Å². The molecule has 2 heterocycles. The molecule has 7 nitrogen and oxygen atoms in total. The summed E-state index contributed by atoms with van der Waals surface area (Å²) < 4.78 is 40.5. The molecule has 0 unspecified atom stereocenters. The Morgan fingerprint density at radius 3 is 2.88 bits per heavy atom. The normalized spacial score (nSPS) is 12.2. The second-order valence-corrected chi connectivity index (χ2v) is 3.01. The van der Waals surface area contributed by atoms with Crippen LogP contribution in [0, 0.1) is 0 Å². The highest BCUT2D eigenvalue weighted by molar-refractivity contribution is 5.30. The van der Waals surface area contributed by atoms with Gasteiger partial charge in [0.05, 0.1) is 19.3 Å². The summed E-state index contributed by atoms with van der Waals surface area (Å²) in [6.07, 6.45) is -2.21. The molecule has 2 aromatic rings. The average Bonchev–Trinajstić information content (AvgIpc) is 2.68. The fraction of sp³-hybridized carbons (Fsp3) is 0.429. The molecule has 17 heavy (non-hydrogen) atoms. The van der Waals surface area contributed by atoms with Gasteiger partial charge in [-0.15, -0.1) is 18.3 Å². The number of alkyl halides is 3. The first-order chi connectivity index (χ1) is 7.97. The smallest absolute Gasteiger partial charge is 0.290 e. The molecule has 0 bridgehead atoms. The highest BCUT2D eigenvalue weighted by Crippen LogP contribution is 2.15. The van der Waals surface area contributed by atoms with Crippen molar-refractivity contribution in [3.8, 4) is 0 Å². The molecule has 0 aromatic carbocycles. The van der Waals surface area contributed by atoms with Gasteiger partial charge in [-0.1, -0.05) is 5.21 Å². The molecule has 0 saturated heterocycles. The van der Waals surface area contributed by atoms with Crippen molar-refractivity contribution in [3.63, 3.8) is 0 Å². The molecule has 2 aromatic heterocycles. The first kappa shape index (κ1) is 11.5. The summed E-state index contributed by atoms with van der Waals surface area (Å²) in [6.45, 7) is -1.06. The average molecular weight is 249 g/mol. The van der Waals surface area contributed by atoms with Crippen LogP contribution in [0.25, 0.3) is 5.65 Å². The van der Waals surface area contributed by atoms with Crippen molar-refractivity contribution in [2.45, 2.75) is 12.9 Å². The number of hydrogen-bond donors (Lipinski definition) is 0. The van der Waals surface area contributed by atoms with Crippen LogP contribution in [-0.2, 0) is 11.3 Å². The lowest BCUT2D eigenvalue weighted by Crippen LogP contribution is -2.31. The number of halogens is 3. The van der Waals surface area contributed by atoms with E-state index in [1.807, 2.05) is 0 Å². The van der Waals surface area contributed by atoms with E-state index in [2.05, 4.69) is 20.0 Å². The van der Waals surface area contributed by atoms with Crippen LogP contribution >= 0.6 is 0 Å². The molecule has 10 heteroatoms.